The lowest BCUT2D eigenvalue weighted by atomic mass is 9.96. The molecule has 0 unspecified atom stereocenters. The lowest BCUT2D eigenvalue weighted by molar-refractivity contribution is -0.372. The van der Waals surface area contributed by atoms with Crippen molar-refractivity contribution in [3.63, 3.8) is 0 Å². The summed E-state index contributed by atoms with van der Waals surface area (Å²) < 4.78 is 28.8. The molecule has 6 heterocycles. The SMILES string of the molecule is Cc1c(N)nc([C@H](CC(N)=O)NC[C@H](N)C(N)=O)nc1C(=O)N[C@H](C(=O)N[C@H](C)[C@@H](O)[C@@H](C)C(=O)N[C@H](C(=O)NCCc1nc(-c2nc(C(=O)NCCCCNC(N)=NCCCCNC(N)=NCCCCN=C(N)N)cs2)cs1)[C@@H](C)O)[C@@H](O[C@H]1O[C@@H](CO)[C@@H](O)[C@H](O)[C@@H]1O[C@H]1O[C@H](CO)[C@@H](O)[C@H](OC(N)=O)[C@@H]1O)c1cnc[nH]1. The fourth-order valence-electron chi connectivity index (χ4n) is 11.3. The van der Waals surface area contributed by atoms with Gasteiger partial charge in [-0.15, -0.1) is 22.7 Å². The second-order valence-corrected chi connectivity index (χ2v) is 28.4. The molecule has 6 rings (SSSR count). The monoisotopic (exact) mass is 1650 g/mol. The van der Waals surface area contributed by atoms with E-state index in [0.29, 0.717) is 79.7 Å². The van der Waals surface area contributed by atoms with E-state index >= 15 is 4.79 Å². The number of nitrogens with one attached hydrogen (secondary N) is 9. The van der Waals surface area contributed by atoms with Crippen molar-refractivity contribution in [1.82, 2.24) is 72.4 Å². The van der Waals surface area contributed by atoms with Crippen LogP contribution in [0.3, 0.4) is 0 Å². The molecule has 8 amide bonds. The average Bonchev–Trinajstić information content (AvgIpc) is 0.856. The summed E-state index contributed by atoms with van der Waals surface area (Å²) in [5, 5.41) is 115. The molecule has 0 saturated carbocycles. The van der Waals surface area contributed by atoms with Gasteiger partial charge in [0.2, 0.25) is 29.5 Å². The van der Waals surface area contributed by atoms with Crippen molar-refractivity contribution in [2.45, 2.75) is 189 Å². The number of hydrogen-bond donors (Lipinski definition) is 26. The highest BCUT2D eigenvalue weighted by Gasteiger charge is 2.54. The number of H-pyrrole nitrogens is 1. The van der Waals surface area contributed by atoms with E-state index in [4.69, 9.17) is 75.3 Å². The molecule has 49 heteroatoms. The van der Waals surface area contributed by atoms with E-state index in [2.05, 4.69) is 87.4 Å². The molecule has 0 aliphatic carbocycles. The molecule has 2 saturated heterocycles. The summed E-state index contributed by atoms with van der Waals surface area (Å²) in [6.07, 6.45) is -20.8. The van der Waals surface area contributed by atoms with Crippen LogP contribution in [-0.2, 0) is 54.1 Å². The van der Waals surface area contributed by atoms with Crippen LogP contribution in [0.1, 0.15) is 121 Å². The molecule has 114 heavy (non-hydrogen) atoms. The van der Waals surface area contributed by atoms with Crippen molar-refractivity contribution in [3.05, 3.63) is 56.8 Å². The molecule has 634 valence electrons. The van der Waals surface area contributed by atoms with Crippen LogP contribution in [0.15, 0.2) is 38.3 Å². The fraction of sp³-hybridized carbons (Fsp3) is 0.631. The number of guanidine groups is 3. The Hall–Kier alpha value is -9.84. The quantitative estimate of drug-likeness (QED) is 0.0111. The Balaban J connectivity index is 1.10. The molecule has 2 aliphatic heterocycles. The first-order chi connectivity index (χ1) is 54.1. The zero-order chi connectivity index (χ0) is 84.0. The third-order valence-corrected chi connectivity index (χ3v) is 19.6. The first kappa shape index (κ1) is 93.0. The number of carbonyl (C=O) groups excluding carboxylic acids is 8. The van der Waals surface area contributed by atoms with Crippen LogP contribution in [0.25, 0.3) is 10.7 Å². The number of aromatic amines is 1. The number of rotatable bonds is 46. The zero-order valence-corrected chi connectivity index (χ0v) is 64.6. The van der Waals surface area contributed by atoms with Crippen molar-refractivity contribution >= 4 is 93.8 Å². The molecular formula is C65H106N26O21S2. The molecule has 0 bridgehead atoms. The summed E-state index contributed by atoms with van der Waals surface area (Å²) in [6.45, 7) is 5.74. The van der Waals surface area contributed by atoms with Gasteiger partial charge in [-0.1, -0.05) is 6.92 Å². The summed E-state index contributed by atoms with van der Waals surface area (Å²) >= 11 is 2.46. The van der Waals surface area contributed by atoms with E-state index in [1.54, 1.807) is 10.8 Å². The number of nitrogens with two attached hydrogens (primary N) is 9. The number of amides is 8. The maximum absolute atomic E-state index is 15.3. The number of aliphatic hydroxyl groups excluding tert-OH is 8. The van der Waals surface area contributed by atoms with Crippen LogP contribution in [-0.4, -0.2) is 299 Å². The Labute approximate surface area is 661 Å². The van der Waals surface area contributed by atoms with Crippen LogP contribution in [0.2, 0.25) is 0 Å². The maximum atomic E-state index is 15.3. The van der Waals surface area contributed by atoms with Gasteiger partial charge < -0.3 is 164 Å². The standard InChI is InChI=1S/C65H106N26O21S2/c1-27-40(88-53(91-51(27)68)32(19-38(67)95)83-20-31(66)52(69)101)57(105)90-42(48(33-21-75-26-84-33)110-61-50(46(99)44(97)36(22-92)109-61)111-60-47(100)49(112-65(74)107)45(98)37(23-93)108-60)58(106)85-29(3)43(96)28(2)54(102)89-41(30(4)94)56(104)77-18-11-39-86-35(25-113-39)59-87-34(24-114-59)55(103)76-12-5-7-14-79-63(72)81-16-9-10-17-82-64(73)80-15-8-6-13-78-62(70)71/h21,24-26,28-32,36-37,41-50,60-61,83,92-94,96-100H,5-20,22-23,66H2,1-4H3,(H2,67,95)(H2,69,101)(H2,74,107)(H,75,84)(H,76,103)(H,77,104)(H,85,106)(H,89,102)(H,90,105)(H2,68,88,91)(H4,70,71,78)(H3,72,79,81)(H3,73,80,82)/t28-,29-,30-,31+,32+,36+,37-,41+,42+,43+,44-,45-,46+,47+,48+,49+,50+,60-,61-/m1/s1. The van der Waals surface area contributed by atoms with Crippen molar-refractivity contribution in [1.29, 1.82) is 0 Å². The van der Waals surface area contributed by atoms with Crippen molar-refractivity contribution in [2.24, 2.45) is 66.8 Å². The number of unbranched alkanes of at least 4 members (excludes halogenated alkanes) is 3. The number of primary amides is 3. The molecule has 4 aromatic heterocycles. The van der Waals surface area contributed by atoms with E-state index in [0.717, 1.165) is 38.2 Å². The summed E-state index contributed by atoms with van der Waals surface area (Å²) in [4.78, 5) is 144. The van der Waals surface area contributed by atoms with E-state index in [1.807, 2.05) is 0 Å². The Bertz CT molecular complexity index is 3880. The summed E-state index contributed by atoms with van der Waals surface area (Å²) in [7, 11) is 0. The highest BCUT2D eigenvalue weighted by atomic mass is 32.1. The minimum Gasteiger partial charge on any atom is -0.441 e. The number of ether oxygens (including phenoxy) is 5. The van der Waals surface area contributed by atoms with Crippen LogP contribution >= 0.6 is 22.7 Å². The minimum atomic E-state index is -2.21. The van der Waals surface area contributed by atoms with E-state index in [-0.39, 0.29) is 60.0 Å². The van der Waals surface area contributed by atoms with E-state index in [9.17, 15) is 74.4 Å². The number of carbonyl (C=O) groups is 8. The van der Waals surface area contributed by atoms with Gasteiger partial charge in [0.05, 0.1) is 72.7 Å². The first-order valence-corrected chi connectivity index (χ1v) is 38.0. The van der Waals surface area contributed by atoms with Gasteiger partial charge in [-0.3, -0.25) is 48.5 Å². The van der Waals surface area contributed by atoms with Gasteiger partial charge in [-0.25, -0.2) is 29.7 Å². The number of imidazole rings is 1. The van der Waals surface area contributed by atoms with Gasteiger partial charge in [0, 0.05) is 81.5 Å². The molecule has 19 atom stereocenters. The second-order valence-electron chi connectivity index (χ2n) is 26.6. The molecule has 0 radical (unpaired) electrons. The lowest BCUT2D eigenvalue weighted by Gasteiger charge is -2.47. The van der Waals surface area contributed by atoms with Gasteiger partial charge >= 0.3 is 6.09 Å². The fourth-order valence-corrected chi connectivity index (χ4v) is 12.9. The molecule has 0 spiro atoms. The third kappa shape index (κ3) is 28.0. The summed E-state index contributed by atoms with van der Waals surface area (Å²) in [6, 6.07) is -7.93. The largest absolute Gasteiger partial charge is 0.441 e. The Morgan fingerprint density at radius 2 is 1.29 bits per heavy atom. The topological polar surface area (TPSA) is 792 Å². The van der Waals surface area contributed by atoms with Crippen molar-refractivity contribution in [3.8, 4) is 10.7 Å². The minimum absolute atomic E-state index is 0.0374. The number of hydrogen-bond acceptors (Lipinski definition) is 34. The van der Waals surface area contributed by atoms with Gasteiger partial charge in [-0.05, 0) is 59.3 Å². The average molecular weight is 1650 g/mol. The number of aliphatic hydroxyl groups is 8. The van der Waals surface area contributed by atoms with Gasteiger partial charge in [0.15, 0.2) is 36.6 Å². The maximum Gasteiger partial charge on any atom is 0.404 e. The molecule has 35 N–H and O–H groups in total. The van der Waals surface area contributed by atoms with Gasteiger partial charge in [0.25, 0.3) is 11.8 Å². The Morgan fingerprint density at radius 1 is 0.667 bits per heavy atom. The lowest BCUT2D eigenvalue weighted by Crippen LogP contribution is -2.65. The van der Waals surface area contributed by atoms with Crippen LogP contribution in [0.5, 0.6) is 0 Å². The number of aliphatic imine (C=N–C) groups is 3. The predicted octanol–water partition coefficient (Wildman–Crippen LogP) is -9.55. The van der Waals surface area contributed by atoms with Crippen molar-refractivity contribution < 1.29 is 103 Å². The summed E-state index contributed by atoms with van der Waals surface area (Å²) in [5.74, 6) is -8.13. The molecule has 2 fully saturated rings. The Kier molecular flexibility index (Phi) is 37.5. The van der Waals surface area contributed by atoms with Gasteiger partial charge in [0.1, 0.15) is 94.6 Å². The number of anilines is 1. The molecule has 0 aromatic carbocycles. The zero-order valence-electron chi connectivity index (χ0n) is 63.0. The van der Waals surface area contributed by atoms with Gasteiger partial charge in [-0.2, -0.15) is 0 Å². The van der Waals surface area contributed by atoms with Crippen LogP contribution in [0.4, 0.5) is 10.6 Å². The predicted molar refractivity (Wildman–Crippen MR) is 407 cm³/mol. The van der Waals surface area contributed by atoms with Crippen LogP contribution < -0.4 is 94.1 Å². The molecular weight excluding hydrogens is 1550 g/mol. The smallest absolute Gasteiger partial charge is 0.404 e. The Morgan fingerprint density at radius 3 is 1.89 bits per heavy atom. The molecule has 2 aliphatic rings. The number of thiazole rings is 2. The highest BCUT2D eigenvalue weighted by Crippen LogP contribution is 2.35. The second kappa shape index (κ2) is 45.9. The number of aromatic nitrogens is 6. The molecule has 4 aromatic rings. The number of nitrogens with zero attached hydrogens (tertiary/aromatic N) is 8. The summed E-state index contributed by atoms with van der Waals surface area (Å²) in [5.41, 5.74) is 50.6. The third-order valence-electron chi connectivity index (χ3n) is 17.8. The van der Waals surface area contributed by atoms with E-state index in [1.165, 1.54) is 50.4 Å². The van der Waals surface area contributed by atoms with Crippen LogP contribution in [0, 0.1) is 12.8 Å². The number of nitrogen functional groups attached to an aromatic ring is 1. The molecule has 47 nitrogen and oxygen atoms in total. The normalized spacial score (nSPS) is 22.2. The van der Waals surface area contributed by atoms with Crippen molar-refractivity contribution in [2.75, 3.05) is 71.3 Å². The van der Waals surface area contributed by atoms with E-state index < -0.39 is 183 Å². The highest BCUT2D eigenvalue weighted by molar-refractivity contribution is 7.14. The first-order valence-electron chi connectivity index (χ1n) is 36.2.